The number of benzene rings is 3. The molecule has 3 aromatic rings. The van der Waals surface area contributed by atoms with Gasteiger partial charge in [-0.3, -0.25) is 4.79 Å². The molecule has 0 radical (unpaired) electrons. The number of carbonyl (C=O) groups is 1. The Morgan fingerprint density at radius 2 is 1.54 bits per heavy atom. The molecule has 28 heavy (non-hydrogen) atoms. The summed E-state index contributed by atoms with van der Waals surface area (Å²) >= 11 is 0. The highest BCUT2D eigenvalue weighted by molar-refractivity contribution is 5.97. The fourth-order valence-corrected chi connectivity index (χ4v) is 3.00. The standard InChI is InChI=1S/C23H21NO4/c25-23(20-7-4-8-21-22(20)28-16-27-21)24-13-17-9-11-19(12-10-17)15-26-14-18-5-2-1-3-6-18/h1-12H,13-16H2,(H,24,25). The molecule has 0 atom stereocenters. The van der Waals surface area contributed by atoms with Crippen molar-refractivity contribution >= 4 is 5.91 Å². The lowest BCUT2D eigenvalue weighted by molar-refractivity contribution is 0.0946. The topological polar surface area (TPSA) is 56.8 Å². The number of hydrogen-bond donors (Lipinski definition) is 1. The number of para-hydroxylation sites is 1. The summed E-state index contributed by atoms with van der Waals surface area (Å²) in [6, 6.07) is 23.4. The molecule has 0 fully saturated rings. The zero-order valence-electron chi connectivity index (χ0n) is 15.4. The van der Waals surface area contributed by atoms with E-state index >= 15 is 0 Å². The first-order chi connectivity index (χ1) is 13.8. The number of fused-ring (bicyclic) bond motifs is 1. The van der Waals surface area contributed by atoms with Crippen LogP contribution >= 0.6 is 0 Å². The van der Waals surface area contributed by atoms with Gasteiger partial charge in [-0.25, -0.2) is 0 Å². The SMILES string of the molecule is O=C(NCc1ccc(COCc2ccccc2)cc1)c1cccc2c1OCO2. The van der Waals surface area contributed by atoms with Crippen molar-refractivity contribution in [3.63, 3.8) is 0 Å². The molecule has 142 valence electrons. The van der Waals surface area contributed by atoms with Crippen LogP contribution in [0, 0.1) is 0 Å². The largest absolute Gasteiger partial charge is 0.454 e. The molecule has 1 N–H and O–H groups in total. The van der Waals surface area contributed by atoms with Crippen LogP contribution in [0.3, 0.4) is 0 Å². The molecule has 0 spiro atoms. The molecule has 0 saturated heterocycles. The second-order valence-electron chi connectivity index (χ2n) is 6.52. The van der Waals surface area contributed by atoms with Gasteiger partial charge < -0.3 is 19.5 Å². The van der Waals surface area contributed by atoms with Gasteiger partial charge in [0.25, 0.3) is 5.91 Å². The third kappa shape index (κ3) is 4.32. The van der Waals surface area contributed by atoms with Crippen LogP contribution < -0.4 is 14.8 Å². The Hall–Kier alpha value is -3.31. The molecule has 0 bridgehead atoms. The van der Waals surface area contributed by atoms with Gasteiger partial charge in [0.15, 0.2) is 11.5 Å². The van der Waals surface area contributed by atoms with E-state index in [4.69, 9.17) is 14.2 Å². The fraction of sp³-hybridized carbons (Fsp3) is 0.174. The van der Waals surface area contributed by atoms with Gasteiger partial charge in [0.2, 0.25) is 6.79 Å². The van der Waals surface area contributed by atoms with E-state index in [1.165, 1.54) is 0 Å². The van der Waals surface area contributed by atoms with Crippen molar-refractivity contribution in [3.8, 4) is 11.5 Å². The van der Waals surface area contributed by atoms with Gasteiger partial charge in [-0.2, -0.15) is 0 Å². The summed E-state index contributed by atoms with van der Waals surface area (Å²) in [6.07, 6.45) is 0. The summed E-state index contributed by atoms with van der Waals surface area (Å²) in [5, 5.41) is 2.92. The van der Waals surface area contributed by atoms with Crippen LogP contribution in [-0.4, -0.2) is 12.7 Å². The second-order valence-corrected chi connectivity index (χ2v) is 6.52. The number of ether oxygens (including phenoxy) is 3. The summed E-state index contributed by atoms with van der Waals surface area (Å²) in [6.45, 7) is 1.72. The molecule has 3 aromatic carbocycles. The van der Waals surface area contributed by atoms with E-state index < -0.39 is 0 Å². The lowest BCUT2D eigenvalue weighted by atomic mass is 10.1. The Labute approximate surface area is 163 Å². The maximum atomic E-state index is 12.5. The van der Waals surface area contributed by atoms with Crippen molar-refractivity contribution in [3.05, 3.63) is 95.1 Å². The molecule has 0 saturated carbocycles. The van der Waals surface area contributed by atoms with E-state index in [2.05, 4.69) is 5.32 Å². The molecule has 1 heterocycles. The molecule has 5 heteroatoms. The van der Waals surface area contributed by atoms with Gasteiger partial charge in [-0.1, -0.05) is 60.7 Å². The van der Waals surface area contributed by atoms with Crippen molar-refractivity contribution in [2.24, 2.45) is 0 Å². The second kappa shape index (κ2) is 8.59. The number of carbonyl (C=O) groups excluding carboxylic acids is 1. The normalized spacial score (nSPS) is 12.0. The van der Waals surface area contributed by atoms with Crippen molar-refractivity contribution in [2.45, 2.75) is 19.8 Å². The Morgan fingerprint density at radius 3 is 2.32 bits per heavy atom. The van der Waals surface area contributed by atoms with Gasteiger partial charge >= 0.3 is 0 Å². The highest BCUT2D eigenvalue weighted by Crippen LogP contribution is 2.35. The molecular weight excluding hydrogens is 354 g/mol. The minimum atomic E-state index is -0.183. The minimum Gasteiger partial charge on any atom is -0.454 e. The quantitative estimate of drug-likeness (QED) is 0.677. The Kier molecular flexibility index (Phi) is 5.54. The van der Waals surface area contributed by atoms with Crippen molar-refractivity contribution in [1.29, 1.82) is 0 Å². The first-order valence-electron chi connectivity index (χ1n) is 9.16. The van der Waals surface area contributed by atoms with Crippen molar-refractivity contribution in [1.82, 2.24) is 5.32 Å². The van der Waals surface area contributed by atoms with Gasteiger partial charge in [-0.05, 0) is 28.8 Å². The highest BCUT2D eigenvalue weighted by Gasteiger charge is 2.21. The zero-order valence-corrected chi connectivity index (χ0v) is 15.4. The fourth-order valence-electron chi connectivity index (χ4n) is 3.00. The van der Waals surface area contributed by atoms with Gasteiger partial charge in [-0.15, -0.1) is 0 Å². The van der Waals surface area contributed by atoms with E-state index in [-0.39, 0.29) is 12.7 Å². The molecule has 1 aliphatic heterocycles. The van der Waals surface area contributed by atoms with E-state index in [0.29, 0.717) is 36.8 Å². The van der Waals surface area contributed by atoms with E-state index in [0.717, 1.165) is 16.7 Å². The maximum absolute atomic E-state index is 12.5. The summed E-state index contributed by atoms with van der Waals surface area (Å²) in [4.78, 5) is 12.5. The predicted molar refractivity (Wildman–Crippen MR) is 105 cm³/mol. The van der Waals surface area contributed by atoms with Crippen LogP contribution in [0.15, 0.2) is 72.8 Å². The molecule has 0 aromatic heterocycles. The van der Waals surface area contributed by atoms with Crippen molar-refractivity contribution < 1.29 is 19.0 Å². The Bertz CT molecular complexity index is 939. The smallest absolute Gasteiger partial charge is 0.255 e. The van der Waals surface area contributed by atoms with E-state index in [9.17, 15) is 4.79 Å². The summed E-state index contributed by atoms with van der Waals surface area (Å²) in [5.74, 6) is 0.927. The minimum absolute atomic E-state index is 0.146. The highest BCUT2D eigenvalue weighted by atomic mass is 16.7. The molecule has 1 amide bonds. The van der Waals surface area contributed by atoms with E-state index in [1.807, 2.05) is 54.6 Å². The molecule has 0 unspecified atom stereocenters. The third-order valence-electron chi connectivity index (χ3n) is 4.50. The lowest BCUT2D eigenvalue weighted by Gasteiger charge is -2.09. The average Bonchev–Trinajstić information content (AvgIpc) is 3.23. The summed E-state index contributed by atoms with van der Waals surface area (Å²) < 4.78 is 16.5. The predicted octanol–water partition coefficient (Wildman–Crippen LogP) is 4.06. The van der Waals surface area contributed by atoms with Crippen LogP contribution in [0.2, 0.25) is 0 Å². The van der Waals surface area contributed by atoms with Crippen LogP contribution in [0.1, 0.15) is 27.0 Å². The number of hydrogen-bond acceptors (Lipinski definition) is 4. The first-order valence-corrected chi connectivity index (χ1v) is 9.16. The van der Waals surface area contributed by atoms with E-state index in [1.54, 1.807) is 18.2 Å². The lowest BCUT2D eigenvalue weighted by Crippen LogP contribution is -2.23. The summed E-state index contributed by atoms with van der Waals surface area (Å²) in [7, 11) is 0. The molecule has 1 aliphatic rings. The number of nitrogens with one attached hydrogen (secondary N) is 1. The van der Waals surface area contributed by atoms with Gasteiger partial charge in [0.05, 0.1) is 18.8 Å². The van der Waals surface area contributed by atoms with Crippen LogP contribution in [0.4, 0.5) is 0 Å². The van der Waals surface area contributed by atoms with Gasteiger partial charge in [0, 0.05) is 6.54 Å². The molecule has 0 aliphatic carbocycles. The third-order valence-corrected chi connectivity index (χ3v) is 4.50. The van der Waals surface area contributed by atoms with Crippen molar-refractivity contribution in [2.75, 3.05) is 6.79 Å². The van der Waals surface area contributed by atoms with Crippen LogP contribution in [0.5, 0.6) is 11.5 Å². The number of rotatable bonds is 7. The Balaban J connectivity index is 1.28. The summed E-state index contributed by atoms with van der Waals surface area (Å²) in [5.41, 5.74) is 3.76. The molecule has 4 rings (SSSR count). The molecule has 5 nitrogen and oxygen atoms in total. The zero-order chi connectivity index (χ0) is 19.2. The number of amides is 1. The first kappa shape index (κ1) is 18.1. The maximum Gasteiger partial charge on any atom is 0.255 e. The average molecular weight is 375 g/mol. The monoisotopic (exact) mass is 375 g/mol. The Morgan fingerprint density at radius 1 is 0.821 bits per heavy atom. The molecular formula is C23H21NO4. The van der Waals surface area contributed by atoms with Gasteiger partial charge in [0.1, 0.15) is 0 Å². The van der Waals surface area contributed by atoms with Crippen LogP contribution in [-0.2, 0) is 24.5 Å². The van der Waals surface area contributed by atoms with Crippen LogP contribution in [0.25, 0.3) is 0 Å².